The third kappa shape index (κ3) is 7.55. The molecular formula is C32H29Cl2N3O5S. The zero-order chi connectivity index (χ0) is 30.4. The van der Waals surface area contributed by atoms with Crippen molar-refractivity contribution in [2.75, 3.05) is 24.5 Å². The molecule has 1 aliphatic rings. The van der Waals surface area contributed by atoms with Gasteiger partial charge in [0.1, 0.15) is 5.75 Å². The van der Waals surface area contributed by atoms with Crippen LogP contribution in [0, 0.1) is 0 Å². The topological polar surface area (TPSA) is 96.0 Å². The summed E-state index contributed by atoms with van der Waals surface area (Å²) in [6.07, 6.45) is -0.340. The van der Waals surface area contributed by atoms with E-state index in [0.29, 0.717) is 40.0 Å². The molecule has 43 heavy (non-hydrogen) atoms. The van der Waals surface area contributed by atoms with Gasteiger partial charge >= 0.3 is 0 Å². The number of para-hydroxylation sites is 2. The van der Waals surface area contributed by atoms with Crippen molar-refractivity contribution < 1.29 is 22.7 Å². The number of nitrogens with one attached hydrogen (secondary N) is 1. The number of fused-ring (bicyclic) bond motifs is 1. The molecule has 0 saturated heterocycles. The average molecular weight is 639 g/mol. The Morgan fingerprint density at radius 1 is 0.837 bits per heavy atom. The predicted molar refractivity (Wildman–Crippen MR) is 167 cm³/mol. The first-order valence-electron chi connectivity index (χ1n) is 13.6. The van der Waals surface area contributed by atoms with Gasteiger partial charge in [-0.2, -0.15) is 4.31 Å². The first kappa shape index (κ1) is 30.6. The van der Waals surface area contributed by atoms with Crippen LogP contribution < -0.4 is 15.0 Å². The number of benzene rings is 4. The van der Waals surface area contributed by atoms with Gasteiger partial charge in [-0.05, 0) is 66.1 Å². The minimum Gasteiger partial charge on any atom is -0.477 e. The fourth-order valence-corrected chi connectivity index (χ4v) is 6.34. The monoisotopic (exact) mass is 637 g/mol. The van der Waals surface area contributed by atoms with Crippen LogP contribution in [-0.4, -0.2) is 50.3 Å². The van der Waals surface area contributed by atoms with Crippen LogP contribution in [0.5, 0.6) is 5.75 Å². The Morgan fingerprint density at radius 2 is 1.47 bits per heavy atom. The zero-order valence-electron chi connectivity index (χ0n) is 23.0. The van der Waals surface area contributed by atoms with Crippen LogP contribution in [0.2, 0.25) is 10.0 Å². The molecule has 1 aliphatic heterocycles. The molecule has 5 rings (SSSR count). The van der Waals surface area contributed by atoms with Gasteiger partial charge in [0, 0.05) is 23.1 Å². The summed E-state index contributed by atoms with van der Waals surface area (Å²) >= 11 is 12.0. The molecule has 0 spiro atoms. The molecule has 0 unspecified atom stereocenters. The van der Waals surface area contributed by atoms with Crippen molar-refractivity contribution in [2.24, 2.45) is 0 Å². The van der Waals surface area contributed by atoms with Crippen LogP contribution in [0.1, 0.15) is 11.1 Å². The van der Waals surface area contributed by atoms with E-state index in [2.05, 4.69) is 5.32 Å². The molecule has 0 bridgehead atoms. The molecule has 1 atom stereocenters. The lowest BCUT2D eigenvalue weighted by Gasteiger charge is -2.35. The Hall–Kier alpha value is -3.89. The highest BCUT2D eigenvalue weighted by molar-refractivity contribution is 7.89. The molecule has 8 nitrogen and oxygen atoms in total. The Bertz CT molecular complexity index is 1680. The standard InChI is InChI=1S/C32H29Cl2N3O5S/c33-25-12-10-24(11-13-25)20-36(43(40,41)27-16-14-26(34)15-17-27)22-31(38)37-21-30(42-29-9-5-4-8-28(29)37)32(39)35-19-18-23-6-2-1-3-7-23/h1-17,30H,18-22H2,(H,35,39)/t30-/m1/s1. The third-order valence-corrected chi connectivity index (χ3v) is 9.27. The van der Waals surface area contributed by atoms with Crippen LogP contribution in [-0.2, 0) is 32.6 Å². The average Bonchev–Trinajstić information content (AvgIpc) is 3.01. The van der Waals surface area contributed by atoms with Gasteiger partial charge in [-0.3, -0.25) is 9.59 Å². The molecule has 1 N–H and O–H groups in total. The summed E-state index contributed by atoms with van der Waals surface area (Å²) < 4.78 is 34.6. The molecule has 4 aromatic rings. The number of amides is 2. The smallest absolute Gasteiger partial charge is 0.262 e. The summed E-state index contributed by atoms with van der Waals surface area (Å²) in [6.45, 7) is -0.247. The number of carbonyl (C=O) groups is 2. The fourth-order valence-electron chi connectivity index (χ4n) is 4.71. The zero-order valence-corrected chi connectivity index (χ0v) is 25.4. The van der Waals surface area contributed by atoms with E-state index in [1.807, 2.05) is 30.3 Å². The maximum atomic E-state index is 13.9. The number of rotatable bonds is 10. The van der Waals surface area contributed by atoms with Crippen molar-refractivity contribution in [3.8, 4) is 5.75 Å². The van der Waals surface area contributed by atoms with Gasteiger partial charge in [0.25, 0.3) is 5.91 Å². The molecule has 0 aliphatic carbocycles. The summed E-state index contributed by atoms with van der Waals surface area (Å²) in [5, 5.41) is 3.78. The largest absolute Gasteiger partial charge is 0.477 e. The van der Waals surface area contributed by atoms with Crippen molar-refractivity contribution >= 4 is 50.7 Å². The Kier molecular flexibility index (Phi) is 9.67. The second kappa shape index (κ2) is 13.6. The van der Waals surface area contributed by atoms with Crippen LogP contribution in [0.25, 0.3) is 0 Å². The van der Waals surface area contributed by atoms with Crippen molar-refractivity contribution in [2.45, 2.75) is 24.0 Å². The molecule has 0 aromatic heterocycles. The Morgan fingerprint density at radius 3 is 2.16 bits per heavy atom. The second-order valence-electron chi connectivity index (χ2n) is 9.96. The second-order valence-corrected chi connectivity index (χ2v) is 12.8. The van der Waals surface area contributed by atoms with E-state index in [9.17, 15) is 18.0 Å². The van der Waals surface area contributed by atoms with Gasteiger partial charge in [-0.25, -0.2) is 8.42 Å². The number of carbonyl (C=O) groups excluding carboxylic acids is 2. The van der Waals surface area contributed by atoms with Crippen LogP contribution in [0.3, 0.4) is 0 Å². The molecule has 1 heterocycles. The van der Waals surface area contributed by atoms with Gasteiger partial charge in [-0.15, -0.1) is 0 Å². The predicted octanol–water partition coefficient (Wildman–Crippen LogP) is 5.34. The first-order chi connectivity index (χ1) is 20.7. The van der Waals surface area contributed by atoms with E-state index in [1.54, 1.807) is 48.5 Å². The Balaban J connectivity index is 1.37. The SMILES string of the molecule is O=C(NCCc1ccccc1)[C@H]1CN(C(=O)CN(Cc2ccc(Cl)cc2)S(=O)(=O)c2ccc(Cl)cc2)c2ccccc2O1. The molecule has 0 saturated carbocycles. The van der Waals surface area contributed by atoms with E-state index < -0.39 is 28.6 Å². The minimum absolute atomic E-state index is 0.00304. The van der Waals surface area contributed by atoms with E-state index in [0.717, 1.165) is 9.87 Å². The highest BCUT2D eigenvalue weighted by Crippen LogP contribution is 2.34. The van der Waals surface area contributed by atoms with Crippen LogP contribution in [0.15, 0.2) is 108 Å². The van der Waals surface area contributed by atoms with Gasteiger partial charge < -0.3 is 15.0 Å². The molecule has 222 valence electrons. The summed E-state index contributed by atoms with van der Waals surface area (Å²) in [4.78, 5) is 28.4. The normalized spacial score (nSPS) is 14.6. The number of halogens is 2. The quantitative estimate of drug-likeness (QED) is 0.253. The van der Waals surface area contributed by atoms with Crippen molar-refractivity contribution in [1.29, 1.82) is 0 Å². The maximum Gasteiger partial charge on any atom is 0.262 e. The summed E-state index contributed by atoms with van der Waals surface area (Å²) in [7, 11) is -4.12. The summed E-state index contributed by atoms with van der Waals surface area (Å²) in [6, 6.07) is 29.1. The van der Waals surface area contributed by atoms with Gasteiger partial charge in [0.05, 0.1) is 23.7 Å². The maximum absolute atomic E-state index is 13.9. The molecule has 2 amide bonds. The summed E-state index contributed by atoms with van der Waals surface area (Å²) in [5.41, 5.74) is 2.18. The van der Waals surface area contributed by atoms with Crippen LogP contribution in [0.4, 0.5) is 5.69 Å². The highest BCUT2D eigenvalue weighted by Gasteiger charge is 2.36. The highest BCUT2D eigenvalue weighted by atomic mass is 35.5. The minimum atomic E-state index is -4.12. The van der Waals surface area contributed by atoms with E-state index in [1.165, 1.54) is 29.2 Å². The lowest BCUT2D eigenvalue weighted by atomic mass is 10.1. The Labute approximate surface area is 260 Å². The lowest BCUT2D eigenvalue weighted by molar-refractivity contribution is -0.128. The van der Waals surface area contributed by atoms with Crippen molar-refractivity contribution in [3.63, 3.8) is 0 Å². The molecule has 0 fully saturated rings. The van der Waals surface area contributed by atoms with Gasteiger partial charge in [0.15, 0.2) is 6.10 Å². The molecule has 4 aromatic carbocycles. The molecule has 0 radical (unpaired) electrons. The van der Waals surface area contributed by atoms with Gasteiger partial charge in [-0.1, -0.05) is 77.8 Å². The number of anilines is 1. The van der Waals surface area contributed by atoms with Crippen LogP contribution >= 0.6 is 23.2 Å². The van der Waals surface area contributed by atoms with Crippen molar-refractivity contribution in [3.05, 3.63) is 124 Å². The lowest BCUT2D eigenvalue weighted by Crippen LogP contribution is -2.53. The number of ether oxygens (including phenoxy) is 1. The van der Waals surface area contributed by atoms with Crippen molar-refractivity contribution in [1.82, 2.24) is 9.62 Å². The van der Waals surface area contributed by atoms with E-state index >= 15 is 0 Å². The molecular weight excluding hydrogens is 609 g/mol. The number of sulfonamides is 1. The number of nitrogens with zero attached hydrogens (tertiary/aromatic N) is 2. The summed E-state index contributed by atoms with van der Waals surface area (Å²) in [5.74, 6) is -0.519. The third-order valence-electron chi connectivity index (χ3n) is 6.96. The number of hydrogen-bond donors (Lipinski definition) is 1. The van der Waals surface area contributed by atoms with Gasteiger partial charge in [0.2, 0.25) is 15.9 Å². The fraction of sp³-hybridized carbons (Fsp3) is 0.188. The number of hydrogen-bond acceptors (Lipinski definition) is 5. The molecule has 11 heteroatoms. The van der Waals surface area contributed by atoms with E-state index in [-0.39, 0.29) is 23.9 Å². The first-order valence-corrected chi connectivity index (χ1v) is 15.8. The van der Waals surface area contributed by atoms with E-state index in [4.69, 9.17) is 27.9 Å².